The quantitative estimate of drug-likeness (QED) is 0.690. The third-order valence-corrected chi connectivity index (χ3v) is 3.78. The summed E-state index contributed by atoms with van der Waals surface area (Å²) >= 11 is 0. The van der Waals surface area contributed by atoms with Crippen molar-refractivity contribution in [1.82, 2.24) is 9.97 Å². The lowest BCUT2D eigenvalue weighted by Gasteiger charge is -2.12. The highest BCUT2D eigenvalue weighted by Gasteiger charge is 2.06. The Kier molecular flexibility index (Phi) is 5.06. The second-order valence-corrected chi connectivity index (χ2v) is 5.70. The molecule has 3 rings (SSSR count). The van der Waals surface area contributed by atoms with E-state index in [2.05, 4.69) is 53.4 Å². The number of nitrogens with zero attached hydrogens (tertiary/aromatic N) is 2. The van der Waals surface area contributed by atoms with E-state index in [1.54, 1.807) is 6.33 Å². The maximum Gasteiger partial charge on any atom is 0.137 e. The highest BCUT2D eigenvalue weighted by atomic mass is 16.5. The molecule has 0 fully saturated rings. The Hall–Kier alpha value is -2.88. The van der Waals surface area contributed by atoms with Crippen LogP contribution in [0.5, 0.6) is 5.75 Å². The molecule has 3 aromatic rings. The Bertz CT molecular complexity index is 803. The molecule has 0 radical (unpaired) electrons. The number of aryl methyl sites for hydroxylation is 2. The highest BCUT2D eigenvalue weighted by molar-refractivity contribution is 5.74. The van der Waals surface area contributed by atoms with Gasteiger partial charge >= 0.3 is 0 Å². The summed E-state index contributed by atoms with van der Waals surface area (Å²) in [5, 5.41) is 3.34. The van der Waals surface area contributed by atoms with Crippen molar-refractivity contribution >= 4 is 5.82 Å². The van der Waals surface area contributed by atoms with E-state index >= 15 is 0 Å². The van der Waals surface area contributed by atoms with Crippen LogP contribution in [-0.2, 0) is 0 Å². The van der Waals surface area contributed by atoms with E-state index in [1.807, 2.05) is 30.5 Å². The van der Waals surface area contributed by atoms with Gasteiger partial charge in [0, 0.05) is 11.8 Å². The van der Waals surface area contributed by atoms with Gasteiger partial charge < -0.3 is 10.1 Å². The van der Waals surface area contributed by atoms with Gasteiger partial charge in [-0.3, -0.25) is 0 Å². The van der Waals surface area contributed by atoms with Crippen molar-refractivity contribution in [3.8, 4) is 16.9 Å². The minimum absolute atomic E-state index is 0.572. The number of hydrogen-bond donors (Lipinski definition) is 1. The second-order valence-electron chi connectivity index (χ2n) is 5.70. The molecule has 1 N–H and O–H groups in total. The van der Waals surface area contributed by atoms with Gasteiger partial charge in [-0.25, -0.2) is 9.97 Å². The fourth-order valence-electron chi connectivity index (χ4n) is 2.59. The number of benzene rings is 2. The first kappa shape index (κ1) is 16.0. The predicted molar refractivity (Wildman–Crippen MR) is 97.4 cm³/mol. The van der Waals surface area contributed by atoms with Crippen molar-refractivity contribution in [2.75, 3.05) is 18.5 Å². The topological polar surface area (TPSA) is 47.0 Å². The molecule has 2 aromatic carbocycles. The standard InChI is InChI=1S/C20H21N3O/c1-15-8-9-19(16(2)12-15)24-11-10-22-20-18(13-21-14-23-20)17-6-4-3-5-7-17/h3-9,12-14H,10-11H2,1-2H3,(H,21,22,23). The van der Waals surface area contributed by atoms with E-state index in [0.29, 0.717) is 13.2 Å². The normalized spacial score (nSPS) is 10.4. The van der Waals surface area contributed by atoms with Crippen molar-refractivity contribution in [2.24, 2.45) is 0 Å². The minimum atomic E-state index is 0.572. The van der Waals surface area contributed by atoms with Gasteiger partial charge in [-0.15, -0.1) is 0 Å². The van der Waals surface area contributed by atoms with E-state index in [9.17, 15) is 0 Å². The molecule has 0 spiro atoms. The van der Waals surface area contributed by atoms with Crippen LogP contribution in [0.25, 0.3) is 11.1 Å². The van der Waals surface area contributed by atoms with Crippen LogP contribution in [-0.4, -0.2) is 23.1 Å². The first-order valence-electron chi connectivity index (χ1n) is 8.03. The first-order valence-corrected chi connectivity index (χ1v) is 8.03. The summed E-state index contributed by atoms with van der Waals surface area (Å²) < 4.78 is 5.85. The molecule has 0 atom stereocenters. The lowest BCUT2D eigenvalue weighted by molar-refractivity contribution is 0.330. The molecule has 0 bridgehead atoms. The molecule has 0 aliphatic heterocycles. The number of ether oxygens (including phenoxy) is 1. The molecule has 122 valence electrons. The monoisotopic (exact) mass is 319 g/mol. The third-order valence-electron chi connectivity index (χ3n) is 3.78. The smallest absolute Gasteiger partial charge is 0.137 e. The Labute approximate surface area is 142 Å². The van der Waals surface area contributed by atoms with Crippen molar-refractivity contribution in [2.45, 2.75) is 13.8 Å². The summed E-state index contributed by atoms with van der Waals surface area (Å²) in [6.07, 6.45) is 3.38. The van der Waals surface area contributed by atoms with Crippen LogP contribution < -0.4 is 10.1 Å². The fraction of sp³-hybridized carbons (Fsp3) is 0.200. The minimum Gasteiger partial charge on any atom is -0.491 e. The Morgan fingerprint density at radius 3 is 2.67 bits per heavy atom. The van der Waals surface area contributed by atoms with E-state index in [1.165, 1.54) is 5.56 Å². The van der Waals surface area contributed by atoms with Crippen molar-refractivity contribution in [3.05, 3.63) is 72.2 Å². The van der Waals surface area contributed by atoms with E-state index in [-0.39, 0.29) is 0 Å². The summed E-state index contributed by atoms with van der Waals surface area (Å²) in [7, 11) is 0. The molecular formula is C20H21N3O. The number of rotatable bonds is 6. The van der Waals surface area contributed by atoms with Crippen LogP contribution in [0.1, 0.15) is 11.1 Å². The number of hydrogen-bond acceptors (Lipinski definition) is 4. The first-order chi connectivity index (χ1) is 11.7. The number of anilines is 1. The Morgan fingerprint density at radius 1 is 1.04 bits per heavy atom. The van der Waals surface area contributed by atoms with Crippen LogP contribution >= 0.6 is 0 Å². The highest BCUT2D eigenvalue weighted by Crippen LogP contribution is 2.24. The van der Waals surface area contributed by atoms with E-state index in [4.69, 9.17) is 4.74 Å². The maximum atomic E-state index is 5.85. The number of aromatic nitrogens is 2. The summed E-state index contributed by atoms with van der Waals surface area (Å²) in [6, 6.07) is 16.3. The second kappa shape index (κ2) is 7.59. The lowest BCUT2D eigenvalue weighted by Crippen LogP contribution is -2.13. The van der Waals surface area contributed by atoms with Crippen molar-refractivity contribution in [1.29, 1.82) is 0 Å². The molecule has 0 aliphatic carbocycles. The van der Waals surface area contributed by atoms with Gasteiger partial charge in [0.05, 0.1) is 6.54 Å². The third kappa shape index (κ3) is 3.90. The van der Waals surface area contributed by atoms with Gasteiger partial charge in [0.25, 0.3) is 0 Å². The Morgan fingerprint density at radius 2 is 1.88 bits per heavy atom. The molecule has 0 unspecified atom stereocenters. The van der Waals surface area contributed by atoms with Gasteiger partial charge in [-0.1, -0.05) is 48.0 Å². The van der Waals surface area contributed by atoms with E-state index in [0.717, 1.165) is 28.3 Å². The van der Waals surface area contributed by atoms with Crippen LogP contribution in [0.4, 0.5) is 5.82 Å². The van der Waals surface area contributed by atoms with Crippen LogP contribution in [0.3, 0.4) is 0 Å². The summed E-state index contributed by atoms with van der Waals surface area (Å²) in [5.41, 5.74) is 4.48. The maximum absolute atomic E-state index is 5.85. The molecule has 0 aliphatic rings. The van der Waals surface area contributed by atoms with Crippen LogP contribution in [0.2, 0.25) is 0 Å². The SMILES string of the molecule is Cc1ccc(OCCNc2ncncc2-c2ccccc2)c(C)c1. The molecular weight excluding hydrogens is 298 g/mol. The van der Waals surface area contributed by atoms with Gasteiger partial charge in [0.1, 0.15) is 24.5 Å². The summed E-state index contributed by atoms with van der Waals surface area (Å²) in [4.78, 5) is 8.49. The molecule has 1 heterocycles. The summed E-state index contributed by atoms with van der Waals surface area (Å²) in [6.45, 7) is 5.39. The van der Waals surface area contributed by atoms with Gasteiger partial charge in [-0.05, 0) is 31.0 Å². The van der Waals surface area contributed by atoms with Gasteiger partial charge in [0.15, 0.2) is 0 Å². The average molecular weight is 319 g/mol. The average Bonchev–Trinajstić information content (AvgIpc) is 2.61. The molecule has 24 heavy (non-hydrogen) atoms. The molecule has 0 amide bonds. The summed E-state index contributed by atoms with van der Waals surface area (Å²) in [5.74, 6) is 1.74. The van der Waals surface area contributed by atoms with Crippen molar-refractivity contribution in [3.63, 3.8) is 0 Å². The zero-order valence-corrected chi connectivity index (χ0v) is 14.0. The Balaban J connectivity index is 1.61. The van der Waals surface area contributed by atoms with Crippen molar-refractivity contribution < 1.29 is 4.74 Å². The van der Waals surface area contributed by atoms with E-state index < -0.39 is 0 Å². The molecule has 0 saturated heterocycles. The fourth-order valence-corrected chi connectivity index (χ4v) is 2.59. The lowest BCUT2D eigenvalue weighted by atomic mass is 10.1. The largest absolute Gasteiger partial charge is 0.491 e. The van der Waals surface area contributed by atoms with Gasteiger partial charge in [0.2, 0.25) is 0 Å². The van der Waals surface area contributed by atoms with Crippen LogP contribution in [0, 0.1) is 13.8 Å². The number of nitrogens with one attached hydrogen (secondary N) is 1. The molecule has 4 nitrogen and oxygen atoms in total. The zero-order chi connectivity index (χ0) is 16.8. The zero-order valence-electron chi connectivity index (χ0n) is 14.0. The van der Waals surface area contributed by atoms with Gasteiger partial charge in [-0.2, -0.15) is 0 Å². The predicted octanol–water partition coefficient (Wildman–Crippen LogP) is 4.25. The molecule has 4 heteroatoms. The molecule has 1 aromatic heterocycles. The molecule has 0 saturated carbocycles. The van der Waals surface area contributed by atoms with Crippen LogP contribution in [0.15, 0.2) is 61.1 Å².